The van der Waals surface area contributed by atoms with Gasteiger partial charge in [0.1, 0.15) is 5.75 Å². The van der Waals surface area contributed by atoms with Crippen molar-refractivity contribution in [1.29, 1.82) is 0 Å². The van der Waals surface area contributed by atoms with E-state index in [4.69, 9.17) is 10.5 Å². The molecule has 1 aromatic carbocycles. The number of carbonyl (C=O) groups is 1. The van der Waals surface area contributed by atoms with Crippen LogP contribution in [0.25, 0.3) is 0 Å². The number of methoxy groups -OCH3 is 1. The number of halogens is 1. The first-order valence-electron chi connectivity index (χ1n) is 6.54. The molecule has 2 rings (SSSR count). The van der Waals surface area contributed by atoms with Crippen molar-refractivity contribution in [3.63, 3.8) is 0 Å². The lowest BCUT2D eigenvalue weighted by Gasteiger charge is -2.10. The third-order valence-electron chi connectivity index (χ3n) is 3.01. The van der Waals surface area contributed by atoms with E-state index in [1.807, 2.05) is 13.0 Å². The van der Waals surface area contributed by atoms with Crippen molar-refractivity contribution in [3.8, 4) is 5.75 Å². The van der Waals surface area contributed by atoms with Crippen LogP contribution in [0, 0.1) is 0 Å². The van der Waals surface area contributed by atoms with Gasteiger partial charge in [0.2, 0.25) is 0 Å². The fraction of sp³-hybridized carbons (Fsp3) is 0.286. The third-order valence-corrected chi connectivity index (χ3v) is 3.50. The minimum Gasteiger partial charge on any atom is -0.495 e. The van der Waals surface area contributed by atoms with Crippen molar-refractivity contribution >= 4 is 33.2 Å². The minimum absolute atomic E-state index is 0.195. The molecule has 0 saturated carbocycles. The number of nitrogens with two attached hydrogens (primary N) is 1. The first-order chi connectivity index (χ1) is 10.1. The van der Waals surface area contributed by atoms with Crippen molar-refractivity contribution in [2.24, 2.45) is 0 Å². The molecule has 0 atom stereocenters. The molecule has 1 heterocycles. The predicted octanol–water partition coefficient (Wildman–Crippen LogP) is 2.97. The predicted molar refractivity (Wildman–Crippen MR) is 85.6 cm³/mol. The number of nitrogen functional groups attached to an aromatic ring is 1. The van der Waals surface area contributed by atoms with Gasteiger partial charge >= 0.3 is 0 Å². The molecule has 6 nitrogen and oxygen atoms in total. The Hall–Kier alpha value is -2.02. The number of anilines is 2. The number of ether oxygens (including phenoxy) is 1. The van der Waals surface area contributed by atoms with E-state index in [2.05, 4.69) is 31.4 Å². The molecule has 0 unspecified atom stereocenters. The summed E-state index contributed by atoms with van der Waals surface area (Å²) in [7, 11) is 1.54. The summed E-state index contributed by atoms with van der Waals surface area (Å²) in [6.07, 6.45) is 1.68. The molecule has 7 heteroatoms. The van der Waals surface area contributed by atoms with Gasteiger partial charge in [0.25, 0.3) is 5.91 Å². The van der Waals surface area contributed by atoms with Gasteiger partial charge in [0.15, 0.2) is 5.69 Å². The molecule has 0 aliphatic rings. The molecule has 4 N–H and O–H groups in total. The summed E-state index contributed by atoms with van der Waals surface area (Å²) >= 11 is 3.36. The Morgan fingerprint density at radius 3 is 2.95 bits per heavy atom. The fourth-order valence-electron chi connectivity index (χ4n) is 1.96. The Morgan fingerprint density at radius 1 is 1.52 bits per heavy atom. The molecule has 21 heavy (non-hydrogen) atoms. The highest BCUT2D eigenvalue weighted by Gasteiger charge is 2.18. The number of benzene rings is 1. The molecule has 2 aromatic rings. The lowest BCUT2D eigenvalue weighted by Crippen LogP contribution is -2.15. The van der Waals surface area contributed by atoms with Crippen LogP contribution < -0.4 is 15.8 Å². The number of aryl methyl sites for hydroxylation is 1. The number of amides is 1. The Labute approximate surface area is 131 Å². The number of nitrogens with zero attached hydrogens (tertiary/aromatic N) is 1. The van der Waals surface area contributed by atoms with Crippen LogP contribution in [-0.2, 0) is 6.42 Å². The van der Waals surface area contributed by atoms with Crippen molar-refractivity contribution in [3.05, 3.63) is 34.1 Å². The molecule has 0 bridgehead atoms. The highest BCUT2D eigenvalue weighted by atomic mass is 79.9. The van der Waals surface area contributed by atoms with Gasteiger partial charge in [0.05, 0.1) is 24.2 Å². The summed E-state index contributed by atoms with van der Waals surface area (Å²) in [5.74, 6) is 0.192. The molecule has 0 fully saturated rings. The average Bonchev–Trinajstić information content (AvgIpc) is 2.81. The second-order valence-corrected chi connectivity index (χ2v) is 5.43. The van der Waals surface area contributed by atoms with E-state index in [0.29, 0.717) is 17.1 Å². The molecule has 1 amide bonds. The third kappa shape index (κ3) is 3.36. The van der Waals surface area contributed by atoms with Crippen LogP contribution in [0.15, 0.2) is 22.7 Å². The fourth-order valence-corrected chi connectivity index (χ4v) is 2.32. The van der Waals surface area contributed by atoms with Gasteiger partial charge in [-0.05, 0) is 24.6 Å². The number of nitrogens with one attached hydrogen (secondary N) is 2. The van der Waals surface area contributed by atoms with Crippen LogP contribution in [0.4, 0.5) is 11.4 Å². The molecule has 112 valence electrons. The summed E-state index contributed by atoms with van der Waals surface area (Å²) in [6.45, 7) is 2.03. The number of H-pyrrole nitrogens is 1. The van der Waals surface area contributed by atoms with E-state index in [1.165, 1.54) is 0 Å². The van der Waals surface area contributed by atoms with Crippen molar-refractivity contribution in [2.45, 2.75) is 19.8 Å². The van der Waals surface area contributed by atoms with E-state index in [0.717, 1.165) is 23.0 Å². The van der Waals surface area contributed by atoms with Crippen LogP contribution in [0.2, 0.25) is 0 Å². The number of carbonyl (C=O) groups excluding carboxylic acids is 1. The normalized spacial score (nSPS) is 10.4. The van der Waals surface area contributed by atoms with Gasteiger partial charge in [-0.15, -0.1) is 0 Å². The largest absolute Gasteiger partial charge is 0.495 e. The van der Waals surface area contributed by atoms with Crippen molar-refractivity contribution in [1.82, 2.24) is 10.2 Å². The van der Waals surface area contributed by atoms with Crippen LogP contribution in [0.1, 0.15) is 29.5 Å². The van der Waals surface area contributed by atoms with E-state index in [-0.39, 0.29) is 11.6 Å². The average molecular weight is 353 g/mol. The molecule has 0 saturated heterocycles. The van der Waals surface area contributed by atoms with Crippen molar-refractivity contribution < 1.29 is 9.53 Å². The zero-order chi connectivity index (χ0) is 15.4. The van der Waals surface area contributed by atoms with Gasteiger partial charge in [-0.1, -0.05) is 29.3 Å². The van der Waals surface area contributed by atoms with Crippen molar-refractivity contribution in [2.75, 3.05) is 18.2 Å². The smallest absolute Gasteiger partial charge is 0.278 e. The summed E-state index contributed by atoms with van der Waals surface area (Å²) in [6, 6.07) is 5.35. The molecular formula is C14H17BrN4O2. The lowest BCUT2D eigenvalue weighted by atomic mass is 10.2. The zero-order valence-electron chi connectivity index (χ0n) is 11.9. The van der Waals surface area contributed by atoms with Crippen LogP contribution >= 0.6 is 15.9 Å². The second-order valence-electron chi connectivity index (χ2n) is 4.51. The highest BCUT2D eigenvalue weighted by Crippen LogP contribution is 2.28. The van der Waals surface area contributed by atoms with Gasteiger partial charge in [0, 0.05) is 4.47 Å². The van der Waals surface area contributed by atoms with E-state index < -0.39 is 0 Å². The first-order valence-corrected chi connectivity index (χ1v) is 7.33. The van der Waals surface area contributed by atoms with Crippen LogP contribution in [0.3, 0.4) is 0 Å². The Balaban J connectivity index is 2.24. The first kappa shape index (κ1) is 15.4. The second kappa shape index (κ2) is 6.62. The molecule has 1 aromatic heterocycles. The van der Waals surface area contributed by atoms with E-state index in [1.54, 1.807) is 19.2 Å². The maximum absolute atomic E-state index is 12.3. The number of aromatic amines is 1. The minimum atomic E-state index is -0.373. The Bertz CT molecular complexity index is 654. The molecule has 0 radical (unpaired) electrons. The molecular weight excluding hydrogens is 336 g/mol. The van der Waals surface area contributed by atoms with Gasteiger partial charge < -0.3 is 15.8 Å². The van der Waals surface area contributed by atoms with Crippen LogP contribution in [-0.4, -0.2) is 23.2 Å². The van der Waals surface area contributed by atoms with Crippen LogP contribution in [0.5, 0.6) is 5.75 Å². The SMILES string of the molecule is CCCc1[nH]nc(C(=O)Nc2cc(Br)ccc2OC)c1N. The number of hydrogen-bond donors (Lipinski definition) is 3. The van der Waals surface area contributed by atoms with E-state index in [9.17, 15) is 4.79 Å². The maximum Gasteiger partial charge on any atom is 0.278 e. The topological polar surface area (TPSA) is 93.0 Å². The number of aromatic nitrogens is 2. The zero-order valence-corrected chi connectivity index (χ0v) is 13.5. The molecule has 0 aliphatic carbocycles. The Kier molecular flexibility index (Phi) is 4.85. The summed E-state index contributed by atoms with van der Waals surface area (Å²) in [5, 5.41) is 9.56. The standard InChI is InChI=1S/C14H17BrN4O2/c1-3-4-9-12(16)13(19-18-9)14(20)17-10-7-8(15)5-6-11(10)21-2/h5-7H,3-4,16H2,1-2H3,(H,17,20)(H,18,19). The number of rotatable bonds is 5. The lowest BCUT2D eigenvalue weighted by molar-refractivity contribution is 0.102. The summed E-state index contributed by atoms with van der Waals surface area (Å²) in [4.78, 5) is 12.3. The quantitative estimate of drug-likeness (QED) is 0.770. The van der Waals surface area contributed by atoms with Gasteiger partial charge in [-0.2, -0.15) is 5.10 Å². The summed E-state index contributed by atoms with van der Waals surface area (Å²) in [5.41, 5.74) is 7.87. The summed E-state index contributed by atoms with van der Waals surface area (Å²) < 4.78 is 6.05. The monoisotopic (exact) mass is 352 g/mol. The molecule has 0 aliphatic heterocycles. The maximum atomic E-state index is 12.3. The number of hydrogen-bond acceptors (Lipinski definition) is 4. The van der Waals surface area contributed by atoms with Gasteiger partial charge in [-0.3, -0.25) is 9.89 Å². The van der Waals surface area contributed by atoms with E-state index >= 15 is 0 Å². The Morgan fingerprint density at radius 2 is 2.29 bits per heavy atom. The molecule has 0 spiro atoms. The highest BCUT2D eigenvalue weighted by molar-refractivity contribution is 9.10. The van der Waals surface area contributed by atoms with Gasteiger partial charge in [-0.25, -0.2) is 0 Å².